The van der Waals surface area contributed by atoms with Crippen LogP contribution in [0.3, 0.4) is 0 Å². The van der Waals surface area contributed by atoms with E-state index >= 15 is 0 Å². The van der Waals surface area contributed by atoms with Crippen LogP contribution in [0.4, 0.5) is 0 Å². The van der Waals surface area contributed by atoms with Crippen molar-refractivity contribution in [3.8, 4) is 5.75 Å². The van der Waals surface area contributed by atoms with Crippen LogP contribution in [0.2, 0.25) is 0 Å². The SMILES string of the molecule is O=Cc1cc2cc(OCc3ccccc3)ccc2[nH]1. The molecule has 0 aliphatic heterocycles. The predicted molar refractivity (Wildman–Crippen MR) is 74.5 cm³/mol. The lowest BCUT2D eigenvalue weighted by atomic mass is 10.2. The number of aromatic amines is 1. The summed E-state index contributed by atoms with van der Waals surface area (Å²) in [5, 5.41) is 0.979. The molecule has 0 unspecified atom stereocenters. The topological polar surface area (TPSA) is 42.1 Å². The molecule has 0 saturated carbocycles. The monoisotopic (exact) mass is 251 g/mol. The molecule has 1 aromatic heterocycles. The Morgan fingerprint density at radius 2 is 1.89 bits per heavy atom. The fraction of sp³-hybridized carbons (Fsp3) is 0.0625. The number of fused-ring (bicyclic) bond motifs is 1. The highest BCUT2D eigenvalue weighted by Gasteiger charge is 2.02. The van der Waals surface area contributed by atoms with Crippen LogP contribution in [0, 0.1) is 0 Å². The van der Waals surface area contributed by atoms with Crippen molar-refractivity contribution in [2.45, 2.75) is 6.61 Å². The second-order valence-corrected chi connectivity index (χ2v) is 4.37. The Bertz CT molecular complexity index is 701. The molecule has 3 aromatic rings. The van der Waals surface area contributed by atoms with Gasteiger partial charge in [-0.15, -0.1) is 0 Å². The van der Waals surface area contributed by atoms with Gasteiger partial charge in [-0.2, -0.15) is 0 Å². The molecule has 19 heavy (non-hydrogen) atoms. The maximum Gasteiger partial charge on any atom is 0.166 e. The van der Waals surface area contributed by atoms with Crippen molar-refractivity contribution in [3.05, 3.63) is 65.9 Å². The normalized spacial score (nSPS) is 10.5. The van der Waals surface area contributed by atoms with Crippen molar-refractivity contribution in [1.29, 1.82) is 0 Å². The molecule has 0 fully saturated rings. The van der Waals surface area contributed by atoms with Crippen molar-refractivity contribution < 1.29 is 9.53 Å². The minimum atomic E-state index is 0.539. The van der Waals surface area contributed by atoms with Crippen LogP contribution in [0.5, 0.6) is 5.75 Å². The van der Waals surface area contributed by atoms with Crippen molar-refractivity contribution in [2.75, 3.05) is 0 Å². The summed E-state index contributed by atoms with van der Waals surface area (Å²) in [7, 11) is 0. The highest BCUT2D eigenvalue weighted by atomic mass is 16.5. The number of carbonyl (C=O) groups excluding carboxylic acids is 1. The molecule has 0 amide bonds. The molecule has 94 valence electrons. The third-order valence-electron chi connectivity index (χ3n) is 2.99. The number of ether oxygens (including phenoxy) is 1. The Kier molecular flexibility index (Phi) is 3.02. The van der Waals surface area contributed by atoms with Gasteiger partial charge in [0, 0.05) is 10.9 Å². The Morgan fingerprint density at radius 1 is 1.05 bits per heavy atom. The molecule has 0 aliphatic carbocycles. The molecule has 2 aromatic carbocycles. The van der Waals surface area contributed by atoms with Gasteiger partial charge >= 0.3 is 0 Å². The van der Waals surface area contributed by atoms with E-state index in [-0.39, 0.29) is 0 Å². The average molecular weight is 251 g/mol. The van der Waals surface area contributed by atoms with Crippen LogP contribution in [-0.4, -0.2) is 11.3 Å². The number of carbonyl (C=O) groups is 1. The van der Waals surface area contributed by atoms with Gasteiger partial charge in [0.1, 0.15) is 12.4 Å². The summed E-state index contributed by atoms with van der Waals surface area (Å²) in [6.45, 7) is 0.539. The second kappa shape index (κ2) is 4.98. The summed E-state index contributed by atoms with van der Waals surface area (Å²) in [6, 6.07) is 17.6. The smallest absolute Gasteiger partial charge is 0.166 e. The van der Waals surface area contributed by atoms with Gasteiger partial charge in [0.2, 0.25) is 0 Å². The van der Waals surface area contributed by atoms with E-state index < -0.39 is 0 Å². The zero-order valence-electron chi connectivity index (χ0n) is 10.3. The Morgan fingerprint density at radius 3 is 2.68 bits per heavy atom. The molecule has 0 atom stereocenters. The molecule has 0 radical (unpaired) electrons. The molecule has 3 nitrogen and oxygen atoms in total. The van der Waals surface area contributed by atoms with E-state index in [2.05, 4.69) is 4.98 Å². The largest absolute Gasteiger partial charge is 0.489 e. The molecule has 0 aliphatic rings. The van der Waals surface area contributed by atoms with Gasteiger partial charge < -0.3 is 9.72 Å². The Balaban J connectivity index is 1.79. The van der Waals surface area contributed by atoms with Gasteiger partial charge in [0.25, 0.3) is 0 Å². The quantitative estimate of drug-likeness (QED) is 0.720. The number of aldehydes is 1. The molecule has 1 heterocycles. The molecular weight excluding hydrogens is 238 g/mol. The summed E-state index contributed by atoms with van der Waals surface area (Å²) in [6.07, 6.45) is 0.810. The Hall–Kier alpha value is -2.55. The maximum atomic E-state index is 10.7. The summed E-state index contributed by atoms with van der Waals surface area (Å²) in [5.74, 6) is 0.799. The van der Waals surface area contributed by atoms with Crippen LogP contribution in [0.15, 0.2) is 54.6 Å². The molecule has 0 spiro atoms. The lowest BCUT2D eigenvalue weighted by Gasteiger charge is -2.06. The standard InChI is InChI=1S/C16H13NO2/c18-10-14-8-13-9-15(6-7-16(13)17-14)19-11-12-4-2-1-3-5-12/h1-10,17H,11H2. The van der Waals surface area contributed by atoms with Gasteiger partial charge in [-0.1, -0.05) is 30.3 Å². The van der Waals surface area contributed by atoms with Crippen molar-refractivity contribution >= 4 is 17.2 Å². The second-order valence-electron chi connectivity index (χ2n) is 4.37. The lowest BCUT2D eigenvalue weighted by Crippen LogP contribution is -1.94. The van der Waals surface area contributed by atoms with Gasteiger partial charge in [0.15, 0.2) is 6.29 Å². The highest BCUT2D eigenvalue weighted by molar-refractivity contribution is 5.88. The third kappa shape index (κ3) is 2.50. The van der Waals surface area contributed by atoms with E-state index in [1.807, 2.05) is 54.6 Å². The molecule has 0 bridgehead atoms. The van der Waals surface area contributed by atoms with Gasteiger partial charge in [0.05, 0.1) is 5.69 Å². The fourth-order valence-electron chi connectivity index (χ4n) is 2.03. The first-order chi connectivity index (χ1) is 9.35. The first kappa shape index (κ1) is 11.5. The lowest BCUT2D eigenvalue weighted by molar-refractivity contribution is 0.112. The van der Waals surface area contributed by atoms with Crippen LogP contribution in [0.25, 0.3) is 10.9 Å². The summed E-state index contributed by atoms with van der Waals surface area (Å²) < 4.78 is 5.74. The van der Waals surface area contributed by atoms with Crippen LogP contribution in [0.1, 0.15) is 16.1 Å². The van der Waals surface area contributed by atoms with E-state index in [9.17, 15) is 4.79 Å². The number of H-pyrrole nitrogens is 1. The summed E-state index contributed by atoms with van der Waals surface area (Å²) in [5.41, 5.74) is 2.65. The zero-order valence-corrected chi connectivity index (χ0v) is 10.3. The first-order valence-electron chi connectivity index (χ1n) is 6.10. The number of hydrogen-bond donors (Lipinski definition) is 1. The van der Waals surface area contributed by atoms with E-state index in [0.717, 1.165) is 28.5 Å². The van der Waals surface area contributed by atoms with Crippen LogP contribution >= 0.6 is 0 Å². The molecule has 3 heteroatoms. The third-order valence-corrected chi connectivity index (χ3v) is 2.99. The fourth-order valence-corrected chi connectivity index (χ4v) is 2.03. The minimum Gasteiger partial charge on any atom is -0.489 e. The van der Waals surface area contributed by atoms with Crippen LogP contribution < -0.4 is 4.74 Å². The molecular formula is C16H13NO2. The van der Waals surface area contributed by atoms with E-state index in [4.69, 9.17) is 4.74 Å². The Labute approximate surface area is 110 Å². The van der Waals surface area contributed by atoms with Crippen molar-refractivity contribution in [2.24, 2.45) is 0 Å². The maximum absolute atomic E-state index is 10.7. The highest BCUT2D eigenvalue weighted by Crippen LogP contribution is 2.22. The number of aromatic nitrogens is 1. The van der Waals surface area contributed by atoms with E-state index in [1.165, 1.54) is 0 Å². The first-order valence-corrected chi connectivity index (χ1v) is 6.10. The average Bonchev–Trinajstić information content (AvgIpc) is 2.88. The zero-order chi connectivity index (χ0) is 13.1. The van der Waals surface area contributed by atoms with Crippen LogP contribution in [-0.2, 0) is 6.61 Å². The van der Waals surface area contributed by atoms with Gasteiger partial charge in [-0.3, -0.25) is 4.79 Å². The van der Waals surface area contributed by atoms with E-state index in [1.54, 1.807) is 0 Å². The van der Waals surface area contributed by atoms with Crippen molar-refractivity contribution in [3.63, 3.8) is 0 Å². The van der Waals surface area contributed by atoms with Gasteiger partial charge in [-0.25, -0.2) is 0 Å². The molecule has 3 rings (SSSR count). The van der Waals surface area contributed by atoms with E-state index in [0.29, 0.717) is 12.3 Å². The molecule has 0 saturated heterocycles. The number of nitrogens with one attached hydrogen (secondary N) is 1. The number of benzene rings is 2. The summed E-state index contributed by atoms with van der Waals surface area (Å²) in [4.78, 5) is 13.7. The number of rotatable bonds is 4. The minimum absolute atomic E-state index is 0.539. The predicted octanol–water partition coefficient (Wildman–Crippen LogP) is 3.56. The summed E-state index contributed by atoms with van der Waals surface area (Å²) >= 11 is 0. The van der Waals surface area contributed by atoms with Gasteiger partial charge in [-0.05, 0) is 29.8 Å². The molecule has 1 N–H and O–H groups in total. The van der Waals surface area contributed by atoms with Crippen molar-refractivity contribution in [1.82, 2.24) is 4.98 Å². The number of hydrogen-bond acceptors (Lipinski definition) is 2.